The zero-order valence-corrected chi connectivity index (χ0v) is 15.9. The number of rotatable bonds is 4. The van der Waals surface area contributed by atoms with E-state index in [2.05, 4.69) is 0 Å². The fraction of sp³-hybridized carbons (Fsp3) is 0.208. The number of hydrogen-bond acceptors (Lipinski definition) is 2. The summed E-state index contributed by atoms with van der Waals surface area (Å²) in [6.07, 6.45) is -1.68. The van der Waals surface area contributed by atoms with Gasteiger partial charge in [0.1, 0.15) is 0 Å². The van der Waals surface area contributed by atoms with Crippen molar-refractivity contribution in [2.75, 3.05) is 13.1 Å². The summed E-state index contributed by atoms with van der Waals surface area (Å²) in [7, 11) is 0. The number of carbonyl (C=O) groups is 1. The van der Waals surface area contributed by atoms with Crippen molar-refractivity contribution in [2.24, 2.45) is 5.73 Å². The smallest absolute Gasteiger partial charge is 0.263 e. The van der Waals surface area contributed by atoms with Crippen molar-refractivity contribution in [3.8, 4) is 22.3 Å². The Morgan fingerprint density at radius 3 is 2.24 bits per heavy atom. The molecule has 5 heteroatoms. The minimum Gasteiger partial charge on any atom is -0.337 e. The molecule has 0 bridgehead atoms. The lowest BCUT2D eigenvalue weighted by Crippen LogP contribution is -2.31. The second-order valence-electron chi connectivity index (χ2n) is 7.35. The van der Waals surface area contributed by atoms with E-state index in [0.29, 0.717) is 18.7 Å². The Morgan fingerprint density at radius 2 is 1.62 bits per heavy atom. The maximum atomic E-state index is 12.9. The van der Waals surface area contributed by atoms with Gasteiger partial charge < -0.3 is 10.6 Å². The molecule has 148 valence electrons. The molecule has 1 aliphatic rings. The van der Waals surface area contributed by atoms with Crippen LogP contribution in [0.5, 0.6) is 0 Å². The Morgan fingerprint density at radius 1 is 0.931 bits per heavy atom. The van der Waals surface area contributed by atoms with Gasteiger partial charge in [0.25, 0.3) is 12.3 Å². The van der Waals surface area contributed by atoms with E-state index in [9.17, 15) is 13.6 Å². The second kappa shape index (κ2) is 8.13. The van der Waals surface area contributed by atoms with Gasteiger partial charge in [0.15, 0.2) is 0 Å². The summed E-state index contributed by atoms with van der Waals surface area (Å²) in [5.74, 6) is -0.0327. The third kappa shape index (κ3) is 4.05. The van der Waals surface area contributed by atoms with E-state index in [1.165, 1.54) is 12.1 Å². The van der Waals surface area contributed by atoms with Crippen molar-refractivity contribution in [2.45, 2.75) is 18.9 Å². The molecule has 0 saturated carbocycles. The van der Waals surface area contributed by atoms with Crippen LogP contribution in [0.25, 0.3) is 22.3 Å². The molecule has 0 unspecified atom stereocenters. The van der Waals surface area contributed by atoms with E-state index >= 15 is 0 Å². The monoisotopic (exact) mass is 392 g/mol. The van der Waals surface area contributed by atoms with Gasteiger partial charge in [-0.2, -0.15) is 0 Å². The molecule has 1 saturated heterocycles. The average molecular weight is 392 g/mol. The number of amides is 1. The molecule has 1 heterocycles. The van der Waals surface area contributed by atoms with E-state index in [0.717, 1.165) is 28.7 Å². The third-order valence-electron chi connectivity index (χ3n) is 5.34. The van der Waals surface area contributed by atoms with Gasteiger partial charge >= 0.3 is 0 Å². The predicted molar refractivity (Wildman–Crippen MR) is 111 cm³/mol. The van der Waals surface area contributed by atoms with Crippen LogP contribution in [-0.2, 0) is 0 Å². The minimum absolute atomic E-state index is 0.00724. The second-order valence-corrected chi connectivity index (χ2v) is 7.35. The summed E-state index contributed by atoms with van der Waals surface area (Å²) in [5.41, 5.74) is 10.1. The van der Waals surface area contributed by atoms with Crippen LogP contribution in [0.1, 0.15) is 28.8 Å². The molecule has 3 aromatic carbocycles. The van der Waals surface area contributed by atoms with Crippen LogP contribution in [0.15, 0.2) is 72.8 Å². The van der Waals surface area contributed by atoms with Gasteiger partial charge in [0, 0.05) is 30.3 Å². The molecule has 4 rings (SSSR count). The van der Waals surface area contributed by atoms with Crippen LogP contribution in [-0.4, -0.2) is 29.9 Å². The summed E-state index contributed by atoms with van der Waals surface area (Å²) in [6.45, 7) is 1.23. The standard InChI is InChI=1S/C24H22F2N2O/c25-23(26)18-8-6-17(7-9-18)21-11-10-19(24(29)28-13-12-20(27)15-28)14-22(21)16-4-2-1-3-5-16/h1-11,14,20,23H,12-13,15,27H2/t20-/m0/s1. The highest BCUT2D eigenvalue weighted by Gasteiger charge is 2.25. The van der Waals surface area contributed by atoms with Gasteiger partial charge in [0.05, 0.1) is 0 Å². The molecule has 0 aliphatic carbocycles. The van der Waals surface area contributed by atoms with Crippen molar-refractivity contribution in [3.63, 3.8) is 0 Å². The lowest BCUT2D eigenvalue weighted by molar-refractivity contribution is 0.0791. The summed E-state index contributed by atoms with van der Waals surface area (Å²) >= 11 is 0. The summed E-state index contributed by atoms with van der Waals surface area (Å²) < 4.78 is 25.8. The van der Waals surface area contributed by atoms with Crippen LogP contribution < -0.4 is 5.73 Å². The number of alkyl halides is 2. The van der Waals surface area contributed by atoms with Gasteiger partial charge in [-0.15, -0.1) is 0 Å². The van der Waals surface area contributed by atoms with Crippen molar-refractivity contribution < 1.29 is 13.6 Å². The van der Waals surface area contributed by atoms with Crippen LogP contribution in [0.3, 0.4) is 0 Å². The van der Waals surface area contributed by atoms with E-state index in [-0.39, 0.29) is 17.5 Å². The Bertz CT molecular complexity index is 1000. The number of hydrogen-bond donors (Lipinski definition) is 1. The summed E-state index contributed by atoms with van der Waals surface area (Å²) in [6, 6.07) is 21.7. The van der Waals surface area contributed by atoms with Gasteiger partial charge in [-0.05, 0) is 40.8 Å². The van der Waals surface area contributed by atoms with Crippen molar-refractivity contribution in [1.29, 1.82) is 0 Å². The van der Waals surface area contributed by atoms with Gasteiger partial charge in [-0.3, -0.25) is 4.79 Å². The van der Waals surface area contributed by atoms with Crippen LogP contribution in [0.4, 0.5) is 8.78 Å². The number of carbonyl (C=O) groups excluding carboxylic acids is 1. The maximum absolute atomic E-state index is 12.9. The molecule has 1 amide bonds. The number of nitrogens with zero attached hydrogens (tertiary/aromatic N) is 1. The molecule has 29 heavy (non-hydrogen) atoms. The fourth-order valence-corrected chi connectivity index (χ4v) is 3.75. The van der Waals surface area contributed by atoms with Gasteiger partial charge in [0.2, 0.25) is 0 Å². The van der Waals surface area contributed by atoms with Gasteiger partial charge in [-0.1, -0.05) is 60.7 Å². The average Bonchev–Trinajstić information content (AvgIpc) is 3.20. The molecular weight excluding hydrogens is 370 g/mol. The molecule has 3 nitrogen and oxygen atoms in total. The van der Waals surface area contributed by atoms with Crippen LogP contribution >= 0.6 is 0 Å². The molecule has 3 aromatic rings. The largest absolute Gasteiger partial charge is 0.337 e. The zero-order valence-electron chi connectivity index (χ0n) is 15.9. The predicted octanol–water partition coefficient (Wildman–Crippen LogP) is 5.13. The molecule has 2 N–H and O–H groups in total. The zero-order chi connectivity index (χ0) is 20.4. The van der Waals surface area contributed by atoms with Gasteiger partial charge in [-0.25, -0.2) is 8.78 Å². The molecule has 0 aromatic heterocycles. The molecule has 1 aliphatic heterocycles. The topological polar surface area (TPSA) is 46.3 Å². The van der Waals surface area contributed by atoms with E-state index in [1.807, 2.05) is 42.5 Å². The highest BCUT2D eigenvalue weighted by Crippen LogP contribution is 2.34. The van der Waals surface area contributed by atoms with E-state index in [1.54, 1.807) is 23.1 Å². The molecule has 0 radical (unpaired) electrons. The summed E-state index contributed by atoms with van der Waals surface area (Å²) in [5, 5.41) is 0. The maximum Gasteiger partial charge on any atom is 0.263 e. The minimum atomic E-state index is -2.50. The Labute approximate surface area is 168 Å². The number of likely N-dealkylation sites (tertiary alicyclic amines) is 1. The molecular formula is C24H22F2N2O. The first-order valence-electron chi connectivity index (χ1n) is 9.66. The molecule has 1 fully saturated rings. The third-order valence-corrected chi connectivity index (χ3v) is 5.34. The highest BCUT2D eigenvalue weighted by molar-refractivity contribution is 5.98. The van der Waals surface area contributed by atoms with Crippen LogP contribution in [0.2, 0.25) is 0 Å². The van der Waals surface area contributed by atoms with E-state index < -0.39 is 6.43 Å². The first-order valence-corrected chi connectivity index (χ1v) is 9.66. The molecule has 1 atom stereocenters. The summed E-state index contributed by atoms with van der Waals surface area (Å²) in [4.78, 5) is 14.7. The quantitative estimate of drug-likeness (QED) is 0.669. The first kappa shape index (κ1) is 19.3. The van der Waals surface area contributed by atoms with Crippen molar-refractivity contribution >= 4 is 5.91 Å². The Kier molecular flexibility index (Phi) is 5.41. The lowest BCUT2D eigenvalue weighted by Gasteiger charge is -2.18. The number of benzene rings is 3. The first-order chi connectivity index (χ1) is 14.0. The normalized spacial score (nSPS) is 16.4. The van der Waals surface area contributed by atoms with Crippen LogP contribution in [0, 0.1) is 0 Å². The highest BCUT2D eigenvalue weighted by atomic mass is 19.3. The van der Waals surface area contributed by atoms with E-state index in [4.69, 9.17) is 5.73 Å². The molecule has 0 spiro atoms. The number of nitrogens with two attached hydrogens (primary N) is 1. The SMILES string of the molecule is N[C@H]1CCN(C(=O)c2ccc(-c3ccc(C(F)F)cc3)c(-c3ccccc3)c2)C1. The lowest BCUT2D eigenvalue weighted by atomic mass is 9.92. The van der Waals surface area contributed by atoms with Crippen molar-refractivity contribution in [3.05, 3.63) is 83.9 Å². The Hall–Kier alpha value is -3.05. The van der Waals surface area contributed by atoms with Crippen molar-refractivity contribution in [1.82, 2.24) is 4.90 Å². The number of halogens is 2. The fourth-order valence-electron chi connectivity index (χ4n) is 3.75. The Balaban J connectivity index is 1.76.